The largest absolute Gasteiger partial charge is 0.391 e. The molecule has 0 radical (unpaired) electrons. The quantitative estimate of drug-likeness (QED) is 0.734. The van der Waals surface area contributed by atoms with Crippen molar-refractivity contribution in [2.24, 2.45) is 5.73 Å². The molecule has 3 N–H and O–H groups in total. The van der Waals surface area contributed by atoms with Crippen molar-refractivity contribution in [2.45, 2.75) is 19.1 Å². The van der Waals surface area contributed by atoms with Crippen molar-refractivity contribution in [2.75, 3.05) is 0 Å². The van der Waals surface area contributed by atoms with Gasteiger partial charge in [-0.3, -0.25) is 0 Å². The van der Waals surface area contributed by atoms with Crippen LogP contribution in [-0.4, -0.2) is 11.2 Å². The van der Waals surface area contributed by atoms with Crippen molar-refractivity contribution in [1.82, 2.24) is 0 Å². The second-order valence-electron chi connectivity index (χ2n) is 2.93. The summed E-state index contributed by atoms with van der Waals surface area (Å²) in [6, 6.07) is 2.28. The van der Waals surface area contributed by atoms with Crippen LogP contribution in [0.2, 0.25) is 0 Å². The predicted molar refractivity (Wildman–Crippen MR) is 45.0 cm³/mol. The molecule has 0 spiro atoms. The second kappa shape index (κ2) is 3.81. The Kier molecular flexibility index (Phi) is 2.95. The van der Waals surface area contributed by atoms with Crippen molar-refractivity contribution in [1.29, 1.82) is 0 Å². The highest BCUT2D eigenvalue weighted by Gasteiger charge is 2.16. The number of aliphatic hydroxyl groups excluding tert-OH is 1. The van der Waals surface area contributed by atoms with Gasteiger partial charge < -0.3 is 10.8 Å². The minimum Gasteiger partial charge on any atom is -0.391 e. The first kappa shape index (κ1) is 10.1. The van der Waals surface area contributed by atoms with Crippen LogP contribution in [0.4, 0.5) is 8.78 Å². The van der Waals surface area contributed by atoms with Crippen molar-refractivity contribution >= 4 is 0 Å². The van der Waals surface area contributed by atoms with Crippen LogP contribution in [0.1, 0.15) is 18.5 Å². The molecule has 1 rings (SSSR count). The highest BCUT2D eigenvalue weighted by Crippen LogP contribution is 2.18. The molecule has 0 saturated heterocycles. The van der Waals surface area contributed by atoms with Gasteiger partial charge in [0.1, 0.15) is 11.6 Å². The minimum absolute atomic E-state index is 0.122. The van der Waals surface area contributed by atoms with Gasteiger partial charge in [-0.1, -0.05) is 6.07 Å². The summed E-state index contributed by atoms with van der Waals surface area (Å²) in [5, 5.41) is 9.08. The number of nitrogens with two attached hydrogens (primary N) is 1. The Morgan fingerprint density at radius 2 is 2.00 bits per heavy atom. The number of hydrogen-bond acceptors (Lipinski definition) is 2. The summed E-state index contributed by atoms with van der Waals surface area (Å²) in [5.74, 6) is -1.38. The summed E-state index contributed by atoms with van der Waals surface area (Å²) in [5.41, 5.74) is 5.60. The van der Waals surface area contributed by atoms with Crippen LogP contribution >= 0.6 is 0 Å². The second-order valence-corrected chi connectivity index (χ2v) is 2.93. The van der Waals surface area contributed by atoms with Crippen LogP contribution in [0.25, 0.3) is 0 Å². The SMILES string of the molecule is C[C@@H](O)[C@H](N)c1ccc(F)cc1F. The highest BCUT2D eigenvalue weighted by atomic mass is 19.1. The van der Waals surface area contributed by atoms with Crippen LogP contribution in [0.5, 0.6) is 0 Å². The topological polar surface area (TPSA) is 46.2 Å². The van der Waals surface area contributed by atoms with Gasteiger partial charge in [0, 0.05) is 11.6 Å². The van der Waals surface area contributed by atoms with Crippen molar-refractivity contribution in [3.63, 3.8) is 0 Å². The molecule has 13 heavy (non-hydrogen) atoms. The smallest absolute Gasteiger partial charge is 0.130 e. The first-order chi connectivity index (χ1) is 6.02. The lowest BCUT2D eigenvalue weighted by Crippen LogP contribution is -2.24. The van der Waals surface area contributed by atoms with Crippen LogP contribution in [-0.2, 0) is 0 Å². The molecule has 0 heterocycles. The normalized spacial score (nSPS) is 15.5. The molecule has 2 nitrogen and oxygen atoms in total. The van der Waals surface area contributed by atoms with Gasteiger partial charge in [-0.15, -0.1) is 0 Å². The van der Waals surface area contributed by atoms with E-state index in [1.807, 2.05) is 0 Å². The van der Waals surface area contributed by atoms with Crippen LogP contribution in [0.15, 0.2) is 18.2 Å². The van der Waals surface area contributed by atoms with Gasteiger partial charge in [0.05, 0.1) is 12.1 Å². The lowest BCUT2D eigenvalue weighted by Gasteiger charge is -2.15. The van der Waals surface area contributed by atoms with E-state index in [1.54, 1.807) is 0 Å². The Labute approximate surface area is 75.0 Å². The zero-order valence-corrected chi connectivity index (χ0v) is 7.17. The molecule has 4 heteroatoms. The average Bonchev–Trinajstić information content (AvgIpc) is 2.03. The fourth-order valence-corrected chi connectivity index (χ4v) is 1.03. The molecule has 0 amide bonds. The van der Waals surface area contributed by atoms with Crippen LogP contribution < -0.4 is 5.73 Å². The number of aliphatic hydroxyl groups is 1. The van der Waals surface area contributed by atoms with E-state index in [0.717, 1.165) is 12.1 Å². The maximum atomic E-state index is 13.0. The van der Waals surface area contributed by atoms with Crippen LogP contribution in [0, 0.1) is 11.6 Å². The van der Waals surface area contributed by atoms with E-state index in [0.29, 0.717) is 0 Å². The van der Waals surface area contributed by atoms with E-state index >= 15 is 0 Å². The zero-order valence-electron chi connectivity index (χ0n) is 7.17. The van der Waals surface area contributed by atoms with Crippen molar-refractivity contribution in [3.05, 3.63) is 35.4 Å². The lowest BCUT2D eigenvalue weighted by molar-refractivity contribution is 0.162. The fraction of sp³-hybridized carbons (Fsp3) is 0.333. The molecule has 0 saturated carbocycles. The third kappa shape index (κ3) is 2.23. The highest BCUT2D eigenvalue weighted by molar-refractivity contribution is 5.22. The number of benzene rings is 1. The molecule has 0 aliphatic heterocycles. The Bertz CT molecular complexity index is 302. The molecule has 2 atom stereocenters. The Balaban J connectivity index is 3.01. The standard InChI is InChI=1S/C9H11F2NO/c1-5(13)9(12)7-3-2-6(10)4-8(7)11/h2-5,9,13H,12H2,1H3/t5-,9+/m1/s1. The number of halogens is 2. The molecular weight excluding hydrogens is 176 g/mol. The van der Waals surface area contributed by atoms with Gasteiger partial charge in [0.15, 0.2) is 0 Å². The molecule has 72 valence electrons. The first-order valence-electron chi connectivity index (χ1n) is 3.91. The maximum absolute atomic E-state index is 13.0. The minimum atomic E-state index is -0.861. The molecule has 1 aromatic carbocycles. The van der Waals surface area contributed by atoms with Gasteiger partial charge in [0.2, 0.25) is 0 Å². The third-order valence-electron chi connectivity index (χ3n) is 1.84. The fourth-order valence-electron chi connectivity index (χ4n) is 1.03. The molecule has 0 aliphatic carbocycles. The number of hydrogen-bond donors (Lipinski definition) is 2. The van der Waals surface area contributed by atoms with E-state index in [9.17, 15) is 8.78 Å². The molecule has 0 aliphatic rings. The van der Waals surface area contributed by atoms with E-state index in [1.165, 1.54) is 13.0 Å². The summed E-state index contributed by atoms with van der Waals surface area (Å²) in [4.78, 5) is 0. The lowest BCUT2D eigenvalue weighted by atomic mass is 10.0. The predicted octanol–water partition coefficient (Wildman–Crippen LogP) is 1.35. The molecule has 0 bridgehead atoms. The molecular formula is C9H11F2NO. The van der Waals surface area contributed by atoms with Gasteiger partial charge in [-0.25, -0.2) is 8.78 Å². The van der Waals surface area contributed by atoms with E-state index in [2.05, 4.69) is 0 Å². The average molecular weight is 187 g/mol. The third-order valence-corrected chi connectivity index (χ3v) is 1.84. The maximum Gasteiger partial charge on any atom is 0.130 e. The molecule has 1 aromatic rings. The van der Waals surface area contributed by atoms with Gasteiger partial charge >= 0.3 is 0 Å². The number of rotatable bonds is 2. The van der Waals surface area contributed by atoms with Gasteiger partial charge in [0.25, 0.3) is 0 Å². The summed E-state index contributed by atoms with van der Waals surface area (Å²) < 4.78 is 25.5. The van der Waals surface area contributed by atoms with Crippen molar-refractivity contribution < 1.29 is 13.9 Å². The summed E-state index contributed by atoms with van der Waals surface area (Å²) in [7, 11) is 0. The van der Waals surface area contributed by atoms with Gasteiger partial charge in [-0.2, -0.15) is 0 Å². The summed E-state index contributed by atoms with van der Waals surface area (Å²) >= 11 is 0. The van der Waals surface area contributed by atoms with E-state index in [-0.39, 0.29) is 5.56 Å². The Morgan fingerprint density at radius 1 is 1.38 bits per heavy atom. The van der Waals surface area contributed by atoms with E-state index < -0.39 is 23.8 Å². The Morgan fingerprint density at radius 3 is 2.46 bits per heavy atom. The Hall–Kier alpha value is -1.00. The summed E-state index contributed by atoms with van der Waals surface area (Å²) in [6.07, 6.45) is -0.861. The molecule has 0 unspecified atom stereocenters. The zero-order chi connectivity index (χ0) is 10.0. The van der Waals surface area contributed by atoms with Crippen LogP contribution in [0.3, 0.4) is 0 Å². The summed E-state index contributed by atoms with van der Waals surface area (Å²) in [6.45, 7) is 1.45. The molecule has 0 aromatic heterocycles. The molecule has 0 fully saturated rings. The first-order valence-corrected chi connectivity index (χ1v) is 3.91. The van der Waals surface area contributed by atoms with E-state index in [4.69, 9.17) is 10.8 Å². The van der Waals surface area contributed by atoms with Gasteiger partial charge in [-0.05, 0) is 13.0 Å². The monoisotopic (exact) mass is 187 g/mol. The van der Waals surface area contributed by atoms with Crippen molar-refractivity contribution in [3.8, 4) is 0 Å².